The minimum absolute atomic E-state index is 0.0326. The van der Waals surface area contributed by atoms with E-state index < -0.39 is 17.6 Å². The summed E-state index contributed by atoms with van der Waals surface area (Å²) in [6, 6.07) is 5.08. The summed E-state index contributed by atoms with van der Waals surface area (Å²) in [5.41, 5.74) is -0.810. The van der Waals surface area contributed by atoms with Crippen LogP contribution in [0.15, 0.2) is 29.4 Å². The number of rotatable bonds is 6. The van der Waals surface area contributed by atoms with Crippen LogP contribution in [0.3, 0.4) is 0 Å². The van der Waals surface area contributed by atoms with Gasteiger partial charge in [-0.3, -0.25) is 9.89 Å². The predicted octanol–water partition coefficient (Wildman–Crippen LogP) is 2.58. The van der Waals surface area contributed by atoms with Crippen LogP contribution in [0.5, 0.6) is 0 Å². The first kappa shape index (κ1) is 17.3. The van der Waals surface area contributed by atoms with Crippen molar-refractivity contribution in [3.63, 3.8) is 0 Å². The van der Waals surface area contributed by atoms with Gasteiger partial charge >= 0.3 is 6.18 Å². The van der Waals surface area contributed by atoms with E-state index in [0.717, 1.165) is 6.07 Å². The Hall–Kier alpha value is -2.03. The van der Waals surface area contributed by atoms with Crippen LogP contribution in [0.2, 0.25) is 0 Å². The fourth-order valence-corrected chi connectivity index (χ4v) is 2.60. The normalized spacial score (nSPS) is 11.5. The maximum Gasteiger partial charge on any atom is 0.416 e. The Bertz CT molecular complexity index is 672. The molecule has 124 valence electrons. The number of carbonyl (C=O) groups excluding carboxylic acids is 1. The van der Waals surface area contributed by atoms with E-state index in [1.165, 1.54) is 30.0 Å². The van der Waals surface area contributed by atoms with Crippen LogP contribution in [0, 0.1) is 6.92 Å². The second-order valence-electron chi connectivity index (χ2n) is 4.73. The molecule has 1 heterocycles. The van der Waals surface area contributed by atoms with Gasteiger partial charge in [0.25, 0.3) is 0 Å². The van der Waals surface area contributed by atoms with Crippen LogP contribution in [0.25, 0.3) is 0 Å². The van der Waals surface area contributed by atoms with Gasteiger partial charge in [-0.05, 0) is 18.6 Å². The van der Waals surface area contributed by atoms with Crippen molar-refractivity contribution >= 4 is 17.7 Å². The summed E-state index contributed by atoms with van der Waals surface area (Å²) >= 11 is 1.35. The van der Waals surface area contributed by atoms with Gasteiger partial charge in [0.2, 0.25) is 11.1 Å². The first-order valence-corrected chi connectivity index (χ1v) is 7.78. The number of alkyl halides is 3. The number of carbonyl (C=O) groups is 1. The van der Waals surface area contributed by atoms with Crippen molar-refractivity contribution in [2.24, 2.45) is 0 Å². The largest absolute Gasteiger partial charge is 0.416 e. The van der Waals surface area contributed by atoms with E-state index in [-0.39, 0.29) is 12.0 Å². The standard InChI is InChI=1S/C14H15F3N4OS/c1-9-19-13(21-20-9)23-7-6-18-12(22)8-10-4-2-3-5-11(10)14(15,16)17/h2-5H,6-8H2,1H3,(H,18,22)(H,19,20,21). The van der Waals surface area contributed by atoms with E-state index in [2.05, 4.69) is 20.5 Å². The van der Waals surface area contributed by atoms with Crippen LogP contribution in [-0.2, 0) is 17.4 Å². The third-order valence-corrected chi connectivity index (χ3v) is 3.75. The summed E-state index contributed by atoms with van der Waals surface area (Å²) in [6.07, 6.45) is -4.77. The first-order valence-electron chi connectivity index (χ1n) is 6.80. The van der Waals surface area contributed by atoms with Crippen LogP contribution in [0.4, 0.5) is 13.2 Å². The fourth-order valence-electron chi connectivity index (χ4n) is 1.91. The molecule has 0 saturated heterocycles. The van der Waals surface area contributed by atoms with Crippen molar-refractivity contribution in [3.8, 4) is 0 Å². The van der Waals surface area contributed by atoms with Gasteiger partial charge in [-0.2, -0.15) is 13.2 Å². The number of benzene rings is 1. The molecule has 2 N–H and O–H groups in total. The molecule has 0 fully saturated rings. The first-order chi connectivity index (χ1) is 10.9. The van der Waals surface area contributed by atoms with Crippen molar-refractivity contribution < 1.29 is 18.0 Å². The van der Waals surface area contributed by atoms with Gasteiger partial charge in [0.15, 0.2) is 0 Å². The molecule has 0 aliphatic heterocycles. The van der Waals surface area contributed by atoms with E-state index in [4.69, 9.17) is 0 Å². The number of nitrogens with zero attached hydrogens (tertiary/aromatic N) is 2. The molecule has 0 radical (unpaired) electrons. The van der Waals surface area contributed by atoms with Gasteiger partial charge in [-0.25, -0.2) is 4.98 Å². The second kappa shape index (κ2) is 7.49. The maximum absolute atomic E-state index is 12.8. The SMILES string of the molecule is Cc1nc(SCCNC(=O)Cc2ccccc2C(F)(F)F)n[nH]1. The minimum atomic E-state index is -4.46. The van der Waals surface area contributed by atoms with Gasteiger partial charge in [0, 0.05) is 12.3 Å². The molecule has 0 aliphatic rings. The summed E-state index contributed by atoms with van der Waals surface area (Å²) in [4.78, 5) is 15.9. The third kappa shape index (κ3) is 5.27. The average molecular weight is 344 g/mol. The van der Waals surface area contributed by atoms with E-state index in [0.29, 0.717) is 23.3 Å². The molecular formula is C14H15F3N4OS. The van der Waals surface area contributed by atoms with Crippen LogP contribution < -0.4 is 5.32 Å². The molecule has 1 aromatic heterocycles. The van der Waals surface area contributed by atoms with Gasteiger partial charge in [0.05, 0.1) is 12.0 Å². The number of hydrogen-bond acceptors (Lipinski definition) is 4. The number of halogens is 3. The molecule has 0 bridgehead atoms. The average Bonchev–Trinajstić information content (AvgIpc) is 2.89. The predicted molar refractivity (Wildman–Crippen MR) is 80.0 cm³/mol. The molecule has 5 nitrogen and oxygen atoms in total. The zero-order valence-corrected chi connectivity index (χ0v) is 13.1. The zero-order valence-electron chi connectivity index (χ0n) is 12.3. The summed E-state index contributed by atoms with van der Waals surface area (Å²) in [5, 5.41) is 9.79. The molecule has 0 unspecified atom stereocenters. The Morgan fingerprint density at radius 1 is 1.35 bits per heavy atom. The molecule has 0 atom stereocenters. The Morgan fingerprint density at radius 3 is 2.74 bits per heavy atom. The molecule has 1 amide bonds. The lowest BCUT2D eigenvalue weighted by molar-refractivity contribution is -0.138. The Balaban J connectivity index is 1.81. The van der Waals surface area contributed by atoms with E-state index in [1.54, 1.807) is 6.92 Å². The van der Waals surface area contributed by atoms with Gasteiger partial charge < -0.3 is 5.32 Å². The van der Waals surface area contributed by atoms with E-state index >= 15 is 0 Å². The summed E-state index contributed by atoms with van der Waals surface area (Å²) in [7, 11) is 0. The minimum Gasteiger partial charge on any atom is -0.355 e. The van der Waals surface area contributed by atoms with Gasteiger partial charge in [-0.1, -0.05) is 30.0 Å². The summed E-state index contributed by atoms with van der Waals surface area (Å²) in [6.45, 7) is 2.10. The Kier molecular flexibility index (Phi) is 5.64. The van der Waals surface area contributed by atoms with Crippen molar-refractivity contribution in [2.45, 2.75) is 24.7 Å². The fraction of sp³-hybridized carbons (Fsp3) is 0.357. The summed E-state index contributed by atoms with van der Waals surface area (Å²) in [5.74, 6) is 0.776. The van der Waals surface area contributed by atoms with Crippen molar-refractivity contribution in [1.29, 1.82) is 0 Å². The van der Waals surface area contributed by atoms with Gasteiger partial charge in [-0.15, -0.1) is 5.10 Å². The van der Waals surface area contributed by atoms with Crippen molar-refractivity contribution in [3.05, 3.63) is 41.2 Å². The van der Waals surface area contributed by atoms with Crippen molar-refractivity contribution in [1.82, 2.24) is 20.5 Å². The lowest BCUT2D eigenvalue weighted by Gasteiger charge is -2.12. The number of nitrogens with one attached hydrogen (secondary N) is 2. The molecule has 9 heteroatoms. The molecule has 2 aromatic rings. The van der Waals surface area contributed by atoms with Crippen LogP contribution >= 0.6 is 11.8 Å². The van der Waals surface area contributed by atoms with Crippen LogP contribution in [-0.4, -0.2) is 33.4 Å². The number of hydrogen-bond donors (Lipinski definition) is 2. The smallest absolute Gasteiger partial charge is 0.355 e. The molecule has 2 rings (SSSR count). The van der Waals surface area contributed by atoms with E-state index in [1.807, 2.05) is 0 Å². The summed E-state index contributed by atoms with van der Waals surface area (Å²) < 4.78 is 38.5. The molecule has 0 spiro atoms. The Morgan fingerprint density at radius 2 is 2.09 bits per heavy atom. The Labute approximate surface area is 135 Å². The zero-order chi connectivity index (χ0) is 16.9. The lowest BCUT2D eigenvalue weighted by Crippen LogP contribution is -2.28. The molecular weight excluding hydrogens is 329 g/mol. The quantitative estimate of drug-likeness (QED) is 0.624. The third-order valence-electron chi connectivity index (χ3n) is 2.91. The number of thioether (sulfide) groups is 1. The molecule has 23 heavy (non-hydrogen) atoms. The molecule has 0 aliphatic carbocycles. The number of aryl methyl sites for hydroxylation is 1. The monoisotopic (exact) mass is 344 g/mol. The molecule has 0 saturated carbocycles. The van der Waals surface area contributed by atoms with Crippen LogP contribution in [0.1, 0.15) is 17.0 Å². The topological polar surface area (TPSA) is 70.7 Å². The highest BCUT2D eigenvalue weighted by Gasteiger charge is 2.33. The van der Waals surface area contributed by atoms with Gasteiger partial charge in [0.1, 0.15) is 5.82 Å². The number of aromatic nitrogens is 3. The highest BCUT2D eigenvalue weighted by molar-refractivity contribution is 7.99. The highest BCUT2D eigenvalue weighted by atomic mass is 32.2. The number of H-pyrrole nitrogens is 1. The maximum atomic E-state index is 12.8. The number of aromatic amines is 1. The highest BCUT2D eigenvalue weighted by Crippen LogP contribution is 2.31. The molecule has 1 aromatic carbocycles. The number of amides is 1. The lowest BCUT2D eigenvalue weighted by atomic mass is 10.0. The van der Waals surface area contributed by atoms with E-state index in [9.17, 15) is 18.0 Å². The van der Waals surface area contributed by atoms with Crippen molar-refractivity contribution in [2.75, 3.05) is 12.3 Å². The second-order valence-corrected chi connectivity index (χ2v) is 5.80.